The Kier molecular flexibility index (Phi) is 5.00. The van der Waals surface area contributed by atoms with Crippen molar-refractivity contribution >= 4 is 21.8 Å². The third kappa shape index (κ3) is 3.22. The van der Waals surface area contributed by atoms with Gasteiger partial charge in [-0.15, -0.1) is 0 Å². The fourth-order valence-electron chi connectivity index (χ4n) is 1.71. The lowest BCUT2D eigenvalue weighted by atomic mass is 10.1. The smallest absolute Gasteiger partial charge is 0.254 e. The number of methoxy groups -OCH3 is 1. The van der Waals surface area contributed by atoms with E-state index in [1.165, 1.54) is 0 Å². The first-order chi connectivity index (χ1) is 8.01. The molecule has 0 aliphatic carbocycles. The third-order valence-electron chi connectivity index (χ3n) is 2.62. The van der Waals surface area contributed by atoms with Crippen LogP contribution in [-0.2, 0) is 0 Å². The SMILES string of the molecule is CCN(C(=O)c1ccc(OC)c(Br)c1)C(C)C. The second kappa shape index (κ2) is 6.05. The number of halogens is 1. The number of nitrogens with zero attached hydrogens (tertiary/aromatic N) is 1. The van der Waals surface area contributed by atoms with Gasteiger partial charge in [-0.25, -0.2) is 0 Å². The molecular weight excluding hydrogens is 282 g/mol. The summed E-state index contributed by atoms with van der Waals surface area (Å²) >= 11 is 3.39. The summed E-state index contributed by atoms with van der Waals surface area (Å²) in [6, 6.07) is 5.59. The fourth-order valence-corrected chi connectivity index (χ4v) is 2.25. The Bertz CT molecular complexity index is 404. The minimum Gasteiger partial charge on any atom is -0.496 e. The van der Waals surface area contributed by atoms with E-state index in [-0.39, 0.29) is 11.9 Å². The van der Waals surface area contributed by atoms with Gasteiger partial charge in [-0.1, -0.05) is 0 Å². The Labute approximate surface area is 111 Å². The van der Waals surface area contributed by atoms with Crippen molar-refractivity contribution < 1.29 is 9.53 Å². The van der Waals surface area contributed by atoms with E-state index in [1.54, 1.807) is 25.3 Å². The van der Waals surface area contributed by atoms with Gasteiger partial charge in [-0.3, -0.25) is 4.79 Å². The summed E-state index contributed by atoms with van der Waals surface area (Å²) in [4.78, 5) is 14.1. The first-order valence-electron chi connectivity index (χ1n) is 5.65. The van der Waals surface area contributed by atoms with E-state index in [2.05, 4.69) is 15.9 Å². The normalized spacial score (nSPS) is 10.5. The number of hydrogen-bond donors (Lipinski definition) is 0. The molecule has 0 atom stereocenters. The summed E-state index contributed by atoms with van der Waals surface area (Å²) in [5.74, 6) is 0.778. The second-order valence-corrected chi connectivity index (χ2v) is 4.89. The van der Waals surface area contributed by atoms with Crippen LogP contribution in [-0.4, -0.2) is 30.5 Å². The first kappa shape index (κ1) is 14.0. The Morgan fingerprint density at radius 3 is 2.53 bits per heavy atom. The topological polar surface area (TPSA) is 29.5 Å². The summed E-state index contributed by atoms with van der Waals surface area (Å²) in [6.45, 7) is 6.72. The van der Waals surface area contributed by atoms with Crippen LogP contribution in [0.25, 0.3) is 0 Å². The molecule has 0 aliphatic heterocycles. The molecule has 0 N–H and O–H groups in total. The highest BCUT2D eigenvalue weighted by Gasteiger charge is 2.17. The van der Waals surface area contributed by atoms with Crippen LogP contribution in [0.1, 0.15) is 31.1 Å². The lowest BCUT2D eigenvalue weighted by molar-refractivity contribution is 0.0717. The summed E-state index contributed by atoms with van der Waals surface area (Å²) in [6.07, 6.45) is 0. The van der Waals surface area contributed by atoms with E-state index in [9.17, 15) is 4.79 Å². The molecular formula is C13H18BrNO2. The van der Waals surface area contributed by atoms with E-state index >= 15 is 0 Å². The minimum atomic E-state index is 0.0471. The van der Waals surface area contributed by atoms with Crippen molar-refractivity contribution in [3.8, 4) is 5.75 Å². The van der Waals surface area contributed by atoms with Gasteiger partial charge in [0.05, 0.1) is 11.6 Å². The van der Waals surface area contributed by atoms with Gasteiger partial charge in [-0.2, -0.15) is 0 Å². The van der Waals surface area contributed by atoms with Crippen LogP contribution >= 0.6 is 15.9 Å². The third-order valence-corrected chi connectivity index (χ3v) is 3.24. The van der Waals surface area contributed by atoms with Crippen LogP contribution in [0.15, 0.2) is 22.7 Å². The Morgan fingerprint density at radius 2 is 2.12 bits per heavy atom. The van der Waals surface area contributed by atoms with E-state index in [0.717, 1.165) is 10.2 Å². The van der Waals surface area contributed by atoms with Gasteiger partial charge in [0.25, 0.3) is 5.91 Å². The quantitative estimate of drug-likeness (QED) is 0.853. The zero-order valence-electron chi connectivity index (χ0n) is 10.7. The molecule has 0 saturated heterocycles. The molecule has 1 aromatic carbocycles. The molecule has 0 radical (unpaired) electrons. The van der Waals surface area contributed by atoms with Crippen molar-refractivity contribution in [2.75, 3.05) is 13.7 Å². The molecule has 94 valence electrons. The maximum absolute atomic E-state index is 12.2. The van der Waals surface area contributed by atoms with Crippen molar-refractivity contribution in [1.82, 2.24) is 4.90 Å². The van der Waals surface area contributed by atoms with Gasteiger partial charge in [0.2, 0.25) is 0 Å². The number of ether oxygens (including phenoxy) is 1. The number of amides is 1. The van der Waals surface area contributed by atoms with Crippen molar-refractivity contribution in [2.24, 2.45) is 0 Å². The van der Waals surface area contributed by atoms with Gasteiger partial charge in [0, 0.05) is 18.2 Å². The largest absolute Gasteiger partial charge is 0.496 e. The van der Waals surface area contributed by atoms with E-state index in [1.807, 2.05) is 25.7 Å². The maximum Gasteiger partial charge on any atom is 0.254 e. The molecule has 0 aromatic heterocycles. The number of hydrogen-bond acceptors (Lipinski definition) is 2. The average molecular weight is 300 g/mol. The fraction of sp³-hybridized carbons (Fsp3) is 0.462. The highest BCUT2D eigenvalue weighted by molar-refractivity contribution is 9.10. The molecule has 0 unspecified atom stereocenters. The van der Waals surface area contributed by atoms with Crippen LogP contribution in [0.2, 0.25) is 0 Å². The maximum atomic E-state index is 12.2. The van der Waals surface area contributed by atoms with Crippen molar-refractivity contribution in [3.05, 3.63) is 28.2 Å². The van der Waals surface area contributed by atoms with Crippen LogP contribution < -0.4 is 4.74 Å². The zero-order valence-corrected chi connectivity index (χ0v) is 12.2. The predicted octanol–water partition coefficient (Wildman–Crippen LogP) is 3.33. The second-order valence-electron chi connectivity index (χ2n) is 4.03. The average Bonchev–Trinajstić information content (AvgIpc) is 2.29. The Morgan fingerprint density at radius 1 is 1.47 bits per heavy atom. The molecule has 1 aromatic rings. The molecule has 4 heteroatoms. The van der Waals surface area contributed by atoms with Crippen molar-refractivity contribution in [2.45, 2.75) is 26.8 Å². The Hall–Kier alpha value is -1.03. The molecule has 3 nitrogen and oxygen atoms in total. The summed E-state index contributed by atoms with van der Waals surface area (Å²) in [7, 11) is 1.61. The number of rotatable bonds is 4. The number of benzene rings is 1. The van der Waals surface area contributed by atoms with Gasteiger partial charge in [0.15, 0.2) is 0 Å². The van der Waals surface area contributed by atoms with Crippen molar-refractivity contribution in [1.29, 1.82) is 0 Å². The number of carbonyl (C=O) groups excluding carboxylic acids is 1. The van der Waals surface area contributed by atoms with Gasteiger partial charge in [-0.05, 0) is 54.9 Å². The minimum absolute atomic E-state index is 0.0471. The molecule has 0 spiro atoms. The van der Waals surface area contributed by atoms with Crippen molar-refractivity contribution in [3.63, 3.8) is 0 Å². The Balaban J connectivity index is 3.00. The van der Waals surface area contributed by atoms with Crippen LogP contribution in [0.4, 0.5) is 0 Å². The summed E-state index contributed by atoms with van der Waals surface area (Å²) < 4.78 is 5.94. The molecule has 1 amide bonds. The molecule has 0 aliphatic rings. The van der Waals surface area contributed by atoms with E-state index in [0.29, 0.717) is 12.1 Å². The molecule has 0 heterocycles. The van der Waals surface area contributed by atoms with Gasteiger partial charge >= 0.3 is 0 Å². The lowest BCUT2D eigenvalue weighted by Crippen LogP contribution is -2.36. The summed E-state index contributed by atoms with van der Waals surface area (Å²) in [5, 5.41) is 0. The molecule has 0 saturated carbocycles. The highest BCUT2D eigenvalue weighted by Crippen LogP contribution is 2.26. The van der Waals surface area contributed by atoms with Gasteiger partial charge < -0.3 is 9.64 Å². The number of carbonyl (C=O) groups is 1. The summed E-state index contributed by atoms with van der Waals surface area (Å²) in [5.41, 5.74) is 0.674. The van der Waals surface area contributed by atoms with Crippen LogP contribution in [0.5, 0.6) is 5.75 Å². The molecule has 1 rings (SSSR count). The monoisotopic (exact) mass is 299 g/mol. The van der Waals surface area contributed by atoms with Crippen LogP contribution in [0.3, 0.4) is 0 Å². The molecule has 0 fully saturated rings. The first-order valence-corrected chi connectivity index (χ1v) is 6.45. The highest BCUT2D eigenvalue weighted by atomic mass is 79.9. The lowest BCUT2D eigenvalue weighted by Gasteiger charge is -2.25. The molecule has 17 heavy (non-hydrogen) atoms. The van der Waals surface area contributed by atoms with Crippen LogP contribution in [0, 0.1) is 0 Å². The standard InChI is InChI=1S/C13H18BrNO2/c1-5-15(9(2)3)13(16)10-6-7-12(17-4)11(14)8-10/h6-9H,5H2,1-4H3. The van der Waals surface area contributed by atoms with E-state index in [4.69, 9.17) is 4.74 Å². The van der Waals surface area contributed by atoms with E-state index < -0.39 is 0 Å². The zero-order chi connectivity index (χ0) is 13.0. The molecule has 0 bridgehead atoms. The predicted molar refractivity (Wildman–Crippen MR) is 72.5 cm³/mol. The van der Waals surface area contributed by atoms with Gasteiger partial charge in [0.1, 0.15) is 5.75 Å².